The predicted molar refractivity (Wildman–Crippen MR) is 101 cm³/mol. The number of esters is 1. The molecule has 0 aliphatic heterocycles. The minimum Gasteiger partial charge on any atom is -0.469 e. The van der Waals surface area contributed by atoms with E-state index in [0.717, 1.165) is 12.8 Å². The lowest BCUT2D eigenvalue weighted by Gasteiger charge is -2.01. The number of carbonyl (C=O) groups is 1. The van der Waals surface area contributed by atoms with Gasteiger partial charge in [0, 0.05) is 13.0 Å². The lowest BCUT2D eigenvalue weighted by atomic mass is 10.1. The van der Waals surface area contributed by atoms with E-state index in [1.165, 1.54) is 64.0 Å². The molecule has 0 bridgehead atoms. The Balaban J connectivity index is 0.000000496. The quantitative estimate of drug-likeness (QED) is 0.416. The van der Waals surface area contributed by atoms with E-state index in [-0.39, 0.29) is 12.6 Å². The van der Waals surface area contributed by atoms with Crippen molar-refractivity contribution < 1.29 is 14.6 Å². The Morgan fingerprint density at radius 3 is 1.96 bits per heavy atom. The number of aliphatic hydroxyl groups excluding tert-OH is 1. The maximum Gasteiger partial charge on any atom is 0.305 e. The highest BCUT2D eigenvalue weighted by Gasteiger charge is 1.98. The van der Waals surface area contributed by atoms with Crippen LogP contribution in [0.25, 0.3) is 0 Å². The molecule has 0 fully saturated rings. The minimum atomic E-state index is -0.0713. The van der Waals surface area contributed by atoms with E-state index < -0.39 is 0 Å². The average Bonchev–Trinajstić information content (AvgIpc) is 2.62. The van der Waals surface area contributed by atoms with Crippen molar-refractivity contribution in [2.24, 2.45) is 0 Å². The number of carbonyl (C=O) groups excluding carboxylic acids is 1. The summed E-state index contributed by atoms with van der Waals surface area (Å²) in [6.45, 7) is 2.48. The zero-order valence-electron chi connectivity index (χ0n) is 15.6. The van der Waals surface area contributed by atoms with Gasteiger partial charge in [0.05, 0.1) is 7.11 Å². The van der Waals surface area contributed by atoms with Gasteiger partial charge in [-0.25, -0.2) is 0 Å². The van der Waals surface area contributed by atoms with Crippen LogP contribution in [-0.4, -0.2) is 24.8 Å². The number of unbranched alkanes of at least 4 members (excludes halogenated alkanes) is 8. The molecule has 3 nitrogen and oxygen atoms in total. The maximum absolute atomic E-state index is 10.8. The lowest BCUT2D eigenvalue weighted by molar-refractivity contribution is -0.140. The predicted octanol–water partition coefficient (Wildman–Crippen LogP) is 5.30. The van der Waals surface area contributed by atoms with Crippen LogP contribution < -0.4 is 0 Å². The fraction of sp³-hybridized carbons (Fsp3) is 0.667. The van der Waals surface area contributed by atoms with Crippen LogP contribution in [-0.2, 0) is 16.0 Å². The number of ether oxygens (including phenoxy) is 1. The maximum atomic E-state index is 10.8. The van der Waals surface area contributed by atoms with Crippen LogP contribution in [0.2, 0.25) is 0 Å². The van der Waals surface area contributed by atoms with Crippen molar-refractivity contribution in [2.45, 2.75) is 77.6 Å². The second kappa shape index (κ2) is 18.0. The smallest absolute Gasteiger partial charge is 0.305 e. The van der Waals surface area contributed by atoms with Gasteiger partial charge in [-0.3, -0.25) is 4.79 Å². The third-order valence-electron chi connectivity index (χ3n) is 3.96. The van der Waals surface area contributed by atoms with Crippen LogP contribution in [0.5, 0.6) is 0 Å². The Morgan fingerprint density at radius 1 is 0.917 bits per heavy atom. The van der Waals surface area contributed by atoms with Gasteiger partial charge >= 0.3 is 5.97 Å². The molecule has 0 amide bonds. The topological polar surface area (TPSA) is 46.5 Å². The molecule has 0 heterocycles. The van der Waals surface area contributed by atoms with E-state index in [4.69, 9.17) is 5.11 Å². The molecule has 0 atom stereocenters. The molecular weight excluding hydrogens is 300 g/mol. The monoisotopic (exact) mass is 336 g/mol. The SMILES string of the molecule is CCCCCCCCCCCC(=O)OC.OCCc1ccccc1. The van der Waals surface area contributed by atoms with Crippen molar-refractivity contribution in [2.75, 3.05) is 13.7 Å². The zero-order valence-corrected chi connectivity index (χ0v) is 15.6. The fourth-order valence-corrected chi connectivity index (χ4v) is 2.46. The standard InChI is InChI=1S/C13H26O2.C8H10O/c1-3-4-5-6-7-8-9-10-11-12-13(14)15-2;9-7-6-8-4-2-1-3-5-8/h3-12H2,1-2H3;1-5,9H,6-7H2. The molecule has 0 unspecified atom stereocenters. The minimum absolute atomic E-state index is 0.0713. The van der Waals surface area contributed by atoms with E-state index in [1.807, 2.05) is 30.3 Å². The Kier molecular flexibility index (Phi) is 17.0. The van der Waals surface area contributed by atoms with Crippen LogP contribution in [0, 0.1) is 0 Å². The molecule has 0 aromatic heterocycles. The van der Waals surface area contributed by atoms with Crippen molar-refractivity contribution in [1.29, 1.82) is 0 Å². The molecule has 0 aliphatic carbocycles. The molecule has 1 aromatic carbocycles. The number of hydrogen-bond acceptors (Lipinski definition) is 3. The van der Waals surface area contributed by atoms with Gasteiger partial charge in [0.15, 0.2) is 0 Å². The second-order valence-corrected chi connectivity index (χ2v) is 6.11. The first-order valence-corrected chi connectivity index (χ1v) is 9.46. The number of rotatable bonds is 12. The highest BCUT2D eigenvalue weighted by Crippen LogP contribution is 2.10. The Hall–Kier alpha value is -1.35. The lowest BCUT2D eigenvalue weighted by Crippen LogP contribution is -1.99. The molecular formula is C21H36O3. The largest absolute Gasteiger partial charge is 0.469 e. The van der Waals surface area contributed by atoms with E-state index in [2.05, 4.69) is 11.7 Å². The molecule has 0 aliphatic rings. The Labute approximate surface area is 148 Å². The summed E-state index contributed by atoms with van der Waals surface area (Å²) < 4.78 is 4.58. The first kappa shape index (κ1) is 22.6. The van der Waals surface area contributed by atoms with Gasteiger partial charge in [-0.2, -0.15) is 0 Å². The van der Waals surface area contributed by atoms with Crippen LogP contribution in [0.3, 0.4) is 0 Å². The molecule has 0 saturated heterocycles. The molecule has 24 heavy (non-hydrogen) atoms. The zero-order chi connectivity index (χ0) is 17.9. The molecule has 0 saturated carbocycles. The van der Waals surface area contributed by atoms with Gasteiger partial charge in [0.25, 0.3) is 0 Å². The first-order valence-electron chi connectivity index (χ1n) is 9.46. The van der Waals surface area contributed by atoms with Gasteiger partial charge in [-0.1, -0.05) is 88.6 Å². The number of hydrogen-bond donors (Lipinski definition) is 1. The summed E-state index contributed by atoms with van der Waals surface area (Å²) in [7, 11) is 1.45. The van der Waals surface area contributed by atoms with Crippen LogP contribution in [0.1, 0.15) is 76.7 Å². The summed E-state index contributed by atoms with van der Waals surface area (Å²) in [6.07, 6.45) is 12.9. The normalized spacial score (nSPS) is 9.96. The van der Waals surface area contributed by atoms with Crippen molar-refractivity contribution in [3.05, 3.63) is 35.9 Å². The second-order valence-electron chi connectivity index (χ2n) is 6.11. The van der Waals surface area contributed by atoms with Gasteiger partial charge in [0.2, 0.25) is 0 Å². The van der Waals surface area contributed by atoms with Crippen LogP contribution in [0.15, 0.2) is 30.3 Å². The summed E-state index contributed by atoms with van der Waals surface area (Å²) in [5.41, 5.74) is 1.19. The number of methoxy groups -OCH3 is 1. The third-order valence-corrected chi connectivity index (χ3v) is 3.96. The third kappa shape index (κ3) is 15.5. The van der Waals surface area contributed by atoms with Gasteiger partial charge in [0.1, 0.15) is 0 Å². The van der Waals surface area contributed by atoms with E-state index >= 15 is 0 Å². The summed E-state index contributed by atoms with van der Waals surface area (Å²) in [5.74, 6) is -0.0713. The fourth-order valence-electron chi connectivity index (χ4n) is 2.46. The first-order chi connectivity index (χ1) is 11.7. The average molecular weight is 337 g/mol. The Morgan fingerprint density at radius 2 is 1.46 bits per heavy atom. The van der Waals surface area contributed by atoms with Gasteiger partial charge in [-0.05, 0) is 18.4 Å². The van der Waals surface area contributed by atoms with Crippen molar-refractivity contribution >= 4 is 5.97 Å². The Bertz CT molecular complexity index is 376. The van der Waals surface area contributed by atoms with E-state index in [9.17, 15) is 4.79 Å². The van der Waals surface area contributed by atoms with Crippen LogP contribution in [0.4, 0.5) is 0 Å². The molecule has 3 heteroatoms. The summed E-state index contributed by atoms with van der Waals surface area (Å²) >= 11 is 0. The molecule has 138 valence electrons. The van der Waals surface area contributed by atoms with Crippen molar-refractivity contribution in [1.82, 2.24) is 0 Å². The molecule has 1 rings (SSSR count). The van der Waals surface area contributed by atoms with E-state index in [1.54, 1.807) is 0 Å². The van der Waals surface area contributed by atoms with Gasteiger partial charge < -0.3 is 9.84 Å². The molecule has 1 N–H and O–H groups in total. The highest BCUT2D eigenvalue weighted by atomic mass is 16.5. The molecule has 1 aromatic rings. The summed E-state index contributed by atoms with van der Waals surface area (Å²) in [6, 6.07) is 9.95. The molecule has 0 spiro atoms. The highest BCUT2D eigenvalue weighted by molar-refractivity contribution is 5.68. The van der Waals surface area contributed by atoms with Gasteiger partial charge in [-0.15, -0.1) is 0 Å². The van der Waals surface area contributed by atoms with Crippen molar-refractivity contribution in [3.8, 4) is 0 Å². The number of aliphatic hydroxyl groups is 1. The molecule has 0 radical (unpaired) electrons. The summed E-state index contributed by atoms with van der Waals surface area (Å²) in [5, 5.41) is 8.52. The van der Waals surface area contributed by atoms with Crippen molar-refractivity contribution in [3.63, 3.8) is 0 Å². The van der Waals surface area contributed by atoms with E-state index in [0.29, 0.717) is 6.42 Å². The number of benzene rings is 1. The van der Waals surface area contributed by atoms with Crippen LogP contribution >= 0.6 is 0 Å². The summed E-state index contributed by atoms with van der Waals surface area (Å²) in [4.78, 5) is 10.8.